The van der Waals surface area contributed by atoms with Crippen LogP contribution >= 0.6 is 7.81 Å². The molecule has 0 heterocycles. The predicted octanol–water partition coefficient (Wildman–Crippen LogP) is 7.28. The number of fused-ring (bicyclic) bond motifs is 2. The maximum absolute atomic E-state index is 12.2. The van der Waals surface area contributed by atoms with Gasteiger partial charge in [0.1, 0.15) is 0 Å². The molecule has 1 radical (unpaired) electrons. The van der Waals surface area contributed by atoms with Crippen molar-refractivity contribution in [2.75, 3.05) is 52.5 Å². The molecule has 15 heteroatoms. The van der Waals surface area contributed by atoms with Crippen LogP contribution in [-0.4, -0.2) is 64.9 Å². The number of hydrogen-bond acceptors (Lipinski definition) is 7. The van der Waals surface area contributed by atoms with Crippen molar-refractivity contribution in [1.82, 2.24) is 10.6 Å². The van der Waals surface area contributed by atoms with Crippen LogP contribution in [0.2, 0.25) is 0 Å². The van der Waals surface area contributed by atoms with Crippen LogP contribution < -0.4 is 20.8 Å². The van der Waals surface area contributed by atoms with Gasteiger partial charge in [-0.3, -0.25) is 9.98 Å². The van der Waals surface area contributed by atoms with Gasteiger partial charge in [0.2, 0.25) is 0 Å². The van der Waals surface area contributed by atoms with Crippen molar-refractivity contribution in [3.05, 3.63) is 83.9 Å². The minimum Gasteiger partial charge on any atom is -0.872 e. The minimum atomic E-state index is -10.7. The fourth-order valence-electron chi connectivity index (χ4n) is 4.05. The maximum Gasteiger partial charge on any atom is 5.00 e. The molecule has 4 aromatic carbocycles. The Morgan fingerprint density at radius 2 is 0.979 bits per heavy atom. The van der Waals surface area contributed by atoms with Gasteiger partial charge in [-0.25, -0.2) is 0 Å². The van der Waals surface area contributed by atoms with E-state index in [2.05, 4.69) is 20.6 Å². The molecule has 2 N–H and O–H groups in total. The summed E-state index contributed by atoms with van der Waals surface area (Å²) < 4.78 is 64.0. The zero-order chi connectivity index (χ0) is 34.1. The second kappa shape index (κ2) is 18.9. The SMILES string of the molecule is CCOCC.F[P-](F)(F)(F)(F)F.[Fe+5].[O-]c1ccc2ccccc2c1C=NCCNCCNCCN=Cc1c([O-])ccc2ccccc12. The van der Waals surface area contributed by atoms with Crippen LogP contribution in [0.15, 0.2) is 82.8 Å². The second-order valence-corrected chi connectivity index (χ2v) is 11.6. The molecular formula is C32H38F6FeN4O3P+2. The van der Waals surface area contributed by atoms with E-state index in [4.69, 9.17) is 4.74 Å². The van der Waals surface area contributed by atoms with E-state index in [0.717, 1.165) is 60.9 Å². The standard InChI is InChI=1S/C28H30N4O2.C4H10O.F6P.Fe/c33-27-11-9-21-5-1-3-7-23(21)25(27)19-31-17-15-29-13-14-30-16-18-32-20-26-24-8-4-2-6-22(24)10-12-28(26)34;1-3-5-4-2;1-7(2,3,4,5)6;/h1-12,19-20,29-30,33-34H,13-18H2;3-4H2,1-2H3;;/q;;-1;+5/p-2. The third-order valence-corrected chi connectivity index (χ3v) is 6.02. The quantitative estimate of drug-likeness (QED) is 0.0496. The molecule has 47 heavy (non-hydrogen) atoms. The molecule has 0 aliphatic rings. The van der Waals surface area contributed by atoms with Gasteiger partial charge in [-0.15, -0.1) is 0 Å². The number of hydrogen-bond donors (Lipinski definition) is 2. The first-order chi connectivity index (χ1) is 21.6. The van der Waals surface area contributed by atoms with E-state index in [1.54, 1.807) is 24.6 Å². The van der Waals surface area contributed by atoms with Crippen molar-refractivity contribution in [2.24, 2.45) is 9.98 Å². The fraction of sp³-hybridized carbons (Fsp3) is 0.312. The number of ether oxygens (including phenoxy) is 1. The normalized spacial score (nSPS) is 12.9. The first-order valence-corrected chi connectivity index (χ1v) is 16.6. The van der Waals surface area contributed by atoms with Crippen LogP contribution in [-0.2, 0) is 21.8 Å². The Balaban J connectivity index is 0.000000726. The van der Waals surface area contributed by atoms with Gasteiger partial charge in [0.25, 0.3) is 0 Å². The van der Waals surface area contributed by atoms with E-state index in [1.165, 1.54) is 0 Å². The van der Waals surface area contributed by atoms with Crippen LogP contribution in [0.5, 0.6) is 11.5 Å². The van der Waals surface area contributed by atoms with Crippen LogP contribution in [0.1, 0.15) is 25.0 Å². The molecule has 0 unspecified atom stereocenters. The van der Waals surface area contributed by atoms with Gasteiger partial charge in [-0.2, -0.15) is 0 Å². The summed E-state index contributed by atoms with van der Waals surface area (Å²) in [6.07, 6.45) is 3.37. The third kappa shape index (κ3) is 18.6. The second-order valence-electron chi connectivity index (χ2n) is 9.71. The number of rotatable bonds is 13. The Labute approximate surface area is 280 Å². The summed E-state index contributed by atoms with van der Waals surface area (Å²) in [5.41, 5.74) is 1.29. The largest absolute Gasteiger partial charge is 5.00 e. The molecule has 0 saturated carbocycles. The van der Waals surface area contributed by atoms with Crippen LogP contribution in [0.25, 0.3) is 21.5 Å². The fourth-order valence-corrected chi connectivity index (χ4v) is 4.05. The topological polar surface area (TPSA) is 104 Å². The maximum atomic E-state index is 12.2. The summed E-state index contributed by atoms with van der Waals surface area (Å²) in [6.45, 7) is 9.99. The first-order valence-electron chi connectivity index (χ1n) is 14.5. The molecule has 7 nitrogen and oxygen atoms in total. The number of benzene rings is 4. The van der Waals surface area contributed by atoms with E-state index in [0.29, 0.717) is 24.2 Å². The van der Waals surface area contributed by atoms with Gasteiger partial charge in [-0.1, -0.05) is 84.3 Å². The van der Waals surface area contributed by atoms with Gasteiger partial charge in [-0.05, 0) is 46.5 Å². The molecule has 0 atom stereocenters. The molecule has 4 rings (SSSR count). The van der Waals surface area contributed by atoms with Gasteiger partial charge >= 0.3 is 50.1 Å². The number of halogens is 6. The van der Waals surface area contributed by atoms with E-state index in [9.17, 15) is 35.4 Å². The van der Waals surface area contributed by atoms with Crippen molar-refractivity contribution in [3.8, 4) is 11.5 Å². The molecular weight excluding hydrogens is 689 g/mol. The van der Waals surface area contributed by atoms with Crippen molar-refractivity contribution in [2.45, 2.75) is 13.8 Å². The van der Waals surface area contributed by atoms with Crippen LogP contribution in [0.4, 0.5) is 25.2 Å². The predicted molar refractivity (Wildman–Crippen MR) is 173 cm³/mol. The minimum absolute atomic E-state index is 0. The summed E-state index contributed by atoms with van der Waals surface area (Å²) in [4.78, 5) is 8.83. The Morgan fingerprint density at radius 1 is 0.617 bits per heavy atom. The molecule has 0 aliphatic heterocycles. The molecule has 0 spiro atoms. The molecule has 0 aliphatic carbocycles. The van der Waals surface area contributed by atoms with Crippen molar-refractivity contribution in [3.63, 3.8) is 0 Å². The summed E-state index contributed by atoms with van der Waals surface area (Å²) in [7, 11) is -10.7. The van der Waals surface area contributed by atoms with E-state index >= 15 is 0 Å². The van der Waals surface area contributed by atoms with E-state index in [1.807, 2.05) is 74.5 Å². The monoisotopic (exact) mass is 727 g/mol. The summed E-state index contributed by atoms with van der Waals surface area (Å²) in [6, 6.07) is 22.6. The molecule has 0 fully saturated rings. The van der Waals surface area contributed by atoms with Crippen LogP contribution in [0.3, 0.4) is 0 Å². The van der Waals surface area contributed by atoms with Crippen molar-refractivity contribution >= 4 is 41.8 Å². The summed E-state index contributed by atoms with van der Waals surface area (Å²) in [5.74, 6) is -0.0108. The van der Waals surface area contributed by atoms with Crippen molar-refractivity contribution in [1.29, 1.82) is 0 Å². The average molecular weight is 727 g/mol. The molecule has 0 aromatic heterocycles. The summed E-state index contributed by atoms with van der Waals surface area (Å²) >= 11 is 0. The van der Waals surface area contributed by atoms with Gasteiger partial charge in [0.05, 0.1) is 13.1 Å². The Hall–Kier alpha value is -3.25. The van der Waals surface area contributed by atoms with Gasteiger partial charge < -0.3 is 25.6 Å². The third-order valence-electron chi connectivity index (χ3n) is 6.02. The summed E-state index contributed by atoms with van der Waals surface area (Å²) in [5, 5.41) is 34.9. The molecule has 0 amide bonds. The Kier molecular flexibility index (Phi) is 16.8. The van der Waals surface area contributed by atoms with Crippen molar-refractivity contribution < 1.29 is 57.2 Å². The van der Waals surface area contributed by atoms with Crippen LogP contribution in [0, 0.1) is 0 Å². The molecule has 257 valence electrons. The molecule has 4 aromatic rings. The first kappa shape index (κ1) is 41.8. The number of aliphatic imine (C=N–C) groups is 2. The average Bonchev–Trinajstić information content (AvgIpc) is 2.98. The van der Waals surface area contributed by atoms with E-state index < -0.39 is 7.81 Å². The smallest absolute Gasteiger partial charge is 0.872 e. The van der Waals surface area contributed by atoms with Gasteiger partial charge in [0.15, 0.2) is 0 Å². The zero-order valence-corrected chi connectivity index (χ0v) is 27.9. The molecule has 0 bridgehead atoms. The Morgan fingerprint density at radius 3 is 1.32 bits per heavy atom. The zero-order valence-electron chi connectivity index (χ0n) is 25.9. The van der Waals surface area contributed by atoms with Gasteiger partial charge in [0, 0.05) is 51.8 Å². The van der Waals surface area contributed by atoms with E-state index in [-0.39, 0.29) is 28.6 Å². The number of nitrogens with one attached hydrogen (secondary N) is 2. The molecule has 0 saturated heterocycles. The Bertz CT molecular complexity index is 1480. The number of nitrogens with zero attached hydrogens (tertiary/aromatic N) is 2.